The summed E-state index contributed by atoms with van der Waals surface area (Å²) in [5.41, 5.74) is 1.29. The zero-order valence-electron chi connectivity index (χ0n) is 14.7. The summed E-state index contributed by atoms with van der Waals surface area (Å²) in [4.78, 5) is 5.40. The maximum Gasteiger partial charge on any atom is 0.197 e. The van der Waals surface area contributed by atoms with Crippen LogP contribution in [-0.2, 0) is 5.06 Å². The van der Waals surface area contributed by atoms with E-state index in [-0.39, 0.29) is 0 Å². The average Bonchev–Trinajstić information content (AvgIpc) is 2.67. The lowest BCUT2D eigenvalue weighted by molar-refractivity contribution is -0.0909. The first-order chi connectivity index (χ1) is 12.4. The van der Waals surface area contributed by atoms with Gasteiger partial charge in [0.05, 0.1) is 12.6 Å². The summed E-state index contributed by atoms with van der Waals surface area (Å²) in [6.07, 6.45) is 5.30. The third-order valence-electron chi connectivity index (χ3n) is 5.96. The second-order valence-electron chi connectivity index (χ2n) is 7.22. The lowest BCUT2D eigenvalue weighted by atomic mass is 9.73. The zero-order valence-corrected chi connectivity index (χ0v) is 16.2. The molecule has 138 valence electrons. The fraction of sp³-hybridized carbons (Fsp3) is 0.450. The van der Waals surface area contributed by atoms with E-state index in [1.165, 1.54) is 0 Å². The first-order valence-corrected chi connectivity index (χ1v) is 9.57. The van der Waals surface area contributed by atoms with E-state index >= 15 is 0 Å². The number of nitrogens with zero attached hydrogens (tertiary/aromatic N) is 2. The van der Waals surface area contributed by atoms with Crippen molar-refractivity contribution in [3.63, 3.8) is 0 Å². The van der Waals surface area contributed by atoms with Crippen LogP contribution >= 0.6 is 23.2 Å². The summed E-state index contributed by atoms with van der Waals surface area (Å²) < 4.78 is 5.33. The molecule has 5 rings (SSSR count). The Bertz CT molecular complexity index is 857. The van der Waals surface area contributed by atoms with Crippen LogP contribution in [0.3, 0.4) is 0 Å². The smallest absolute Gasteiger partial charge is 0.197 e. The number of fused-ring (bicyclic) bond motifs is 4. The lowest BCUT2D eigenvalue weighted by Gasteiger charge is -2.57. The molecule has 0 amide bonds. The van der Waals surface area contributed by atoms with Gasteiger partial charge in [-0.2, -0.15) is 0 Å². The van der Waals surface area contributed by atoms with Crippen LogP contribution in [0.2, 0.25) is 0 Å². The van der Waals surface area contributed by atoms with E-state index in [1.54, 1.807) is 19.4 Å². The second-order valence-corrected chi connectivity index (χ2v) is 8.39. The molecule has 2 aromatic rings. The predicted octanol–water partition coefficient (Wildman–Crippen LogP) is 4.09. The molecule has 26 heavy (non-hydrogen) atoms. The van der Waals surface area contributed by atoms with Crippen molar-refractivity contribution < 1.29 is 9.84 Å². The zero-order chi connectivity index (χ0) is 18.5. The summed E-state index contributed by atoms with van der Waals surface area (Å²) in [5, 5.41) is 10.5. The van der Waals surface area contributed by atoms with Gasteiger partial charge in [0.25, 0.3) is 0 Å². The average molecular weight is 393 g/mol. The molecular formula is C20H22Cl2N2O2. The van der Waals surface area contributed by atoms with Gasteiger partial charge in [0.15, 0.2) is 5.06 Å². The van der Waals surface area contributed by atoms with Crippen LogP contribution in [0.4, 0.5) is 0 Å². The number of rotatable bonds is 4. The minimum absolute atomic E-state index is 0.378. The minimum atomic E-state index is -1.76. The number of hydrogen-bond acceptors (Lipinski definition) is 4. The Labute approximate surface area is 163 Å². The number of piperidine rings is 3. The minimum Gasteiger partial charge on any atom is -0.497 e. The number of halogens is 2. The highest BCUT2D eigenvalue weighted by Gasteiger charge is 2.59. The molecule has 1 N–H and O–H groups in total. The van der Waals surface area contributed by atoms with Gasteiger partial charge in [-0.1, -0.05) is 29.3 Å². The molecule has 2 bridgehead atoms. The maximum absolute atomic E-state index is 11.5. The Kier molecular flexibility index (Phi) is 4.43. The number of pyridine rings is 1. The summed E-state index contributed by atoms with van der Waals surface area (Å²) in [6, 6.07) is 7.28. The van der Waals surface area contributed by atoms with Crippen LogP contribution < -0.4 is 4.74 Å². The first kappa shape index (κ1) is 18.1. The van der Waals surface area contributed by atoms with Gasteiger partial charge in [0.1, 0.15) is 10.7 Å². The van der Waals surface area contributed by atoms with E-state index in [4.69, 9.17) is 27.9 Å². The molecule has 0 saturated carbocycles. The molecule has 3 saturated heterocycles. The quantitative estimate of drug-likeness (QED) is 0.483. The molecule has 0 spiro atoms. The van der Waals surface area contributed by atoms with Crippen molar-refractivity contribution in [3.8, 4) is 5.75 Å². The van der Waals surface area contributed by atoms with Crippen molar-refractivity contribution in [1.82, 2.24) is 9.88 Å². The number of alkyl halides is 2. The Balaban J connectivity index is 1.82. The second kappa shape index (κ2) is 6.38. The Morgan fingerprint density at radius 3 is 2.92 bits per heavy atom. The molecule has 5 atom stereocenters. The highest BCUT2D eigenvalue weighted by molar-refractivity contribution is 6.34. The van der Waals surface area contributed by atoms with Gasteiger partial charge < -0.3 is 9.84 Å². The summed E-state index contributed by atoms with van der Waals surface area (Å²) in [7, 11) is 1.61. The number of methoxy groups -OCH3 is 1. The topological polar surface area (TPSA) is 45.6 Å². The maximum atomic E-state index is 11.5. The van der Waals surface area contributed by atoms with Gasteiger partial charge in [-0.15, -0.1) is 6.58 Å². The van der Waals surface area contributed by atoms with Crippen molar-refractivity contribution in [1.29, 1.82) is 0 Å². The highest BCUT2D eigenvalue weighted by Crippen LogP contribution is 2.55. The van der Waals surface area contributed by atoms with Gasteiger partial charge in [-0.3, -0.25) is 9.88 Å². The fourth-order valence-corrected chi connectivity index (χ4v) is 5.26. The SMILES string of the molecule is C=C[C@H]1CN2CC[C@H]1C[C@@]2(Cl)[C@@](O)(Cl)c1ccnc2ccc(OC)cc12. The molecule has 3 fully saturated rings. The van der Waals surface area contributed by atoms with E-state index in [9.17, 15) is 5.11 Å². The van der Waals surface area contributed by atoms with Gasteiger partial charge in [-0.25, -0.2) is 0 Å². The Hall–Kier alpha value is -1.33. The molecule has 1 aromatic heterocycles. The Morgan fingerprint density at radius 1 is 1.46 bits per heavy atom. The number of aromatic nitrogens is 1. The molecule has 3 aliphatic rings. The van der Waals surface area contributed by atoms with Crippen LogP contribution in [0.25, 0.3) is 10.9 Å². The van der Waals surface area contributed by atoms with E-state index in [1.807, 2.05) is 24.3 Å². The Morgan fingerprint density at radius 2 is 2.27 bits per heavy atom. The molecule has 0 aliphatic carbocycles. The normalized spacial score (nSPS) is 33.0. The van der Waals surface area contributed by atoms with E-state index < -0.39 is 10.1 Å². The van der Waals surface area contributed by atoms with Crippen molar-refractivity contribution in [2.75, 3.05) is 20.2 Å². The van der Waals surface area contributed by atoms with E-state index in [0.717, 1.165) is 30.4 Å². The van der Waals surface area contributed by atoms with Crippen LogP contribution in [0.1, 0.15) is 18.4 Å². The van der Waals surface area contributed by atoms with Crippen molar-refractivity contribution in [3.05, 3.63) is 48.7 Å². The third kappa shape index (κ3) is 2.55. The lowest BCUT2D eigenvalue weighted by Crippen LogP contribution is -2.65. The molecule has 4 heterocycles. The molecule has 1 aromatic carbocycles. The molecule has 4 nitrogen and oxygen atoms in total. The summed E-state index contributed by atoms with van der Waals surface area (Å²) >= 11 is 13.9. The molecule has 3 aliphatic heterocycles. The van der Waals surface area contributed by atoms with E-state index in [0.29, 0.717) is 29.6 Å². The van der Waals surface area contributed by atoms with Crippen LogP contribution in [0.15, 0.2) is 43.1 Å². The summed E-state index contributed by atoms with van der Waals surface area (Å²) in [6.45, 7) is 5.53. The molecule has 6 heteroatoms. The number of ether oxygens (including phenoxy) is 1. The number of hydrogen-bond donors (Lipinski definition) is 1. The molecule has 0 radical (unpaired) electrons. The van der Waals surface area contributed by atoms with Gasteiger partial charge in [0, 0.05) is 30.2 Å². The van der Waals surface area contributed by atoms with Gasteiger partial charge in [-0.05, 0) is 48.9 Å². The first-order valence-electron chi connectivity index (χ1n) is 8.82. The van der Waals surface area contributed by atoms with Gasteiger partial charge in [0.2, 0.25) is 0 Å². The molecule has 1 unspecified atom stereocenters. The predicted molar refractivity (Wildman–Crippen MR) is 105 cm³/mol. The number of aliphatic hydroxyl groups is 1. The van der Waals surface area contributed by atoms with Crippen molar-refractivity contribution >= 4 is 34.1 Å². The standard InChI is InChI=1S/C20H22Cl2N2O2/c1-3-13-12-24-9-7-14(13)11-19(24,21)20(22,25)17-6-8-23-18-5-4-15(26-2)10-16(17)18/h3-6,8,10,13-14,25H,1,7,9,11-12H2,2H3/t13-,14-,19-,20+/m0/s1. The van der Waals surface area contributed by atoms with Crippen LogP contribution in [0, 0.1) is 11.8 Å². The third-order valence-corrected chi connectivity index (χ3v) is 7.24. The fourth-order valence-electron chi connectivity index (χ4n) is 4.44. The monoisotopic (exact) mass is 392 g/mol. The van der Waals surface area contributed by atoms with Crippen molar-refractivity contribution in [2.24, 2.45) is 11.8 Å². The van der Waals surface area contributed by atoms with Crippen LogP contribution in [0.5, 0.6) is 5.75 Å². The molecular weight excluding hydrogens is 371 g/mol. The van der Waals surface area contributed by atoms with Crippen LogP contribution in [-0.4, -0.2) is 40.2 Å². The van der Waals surface area contributed by atoms with Gasteiger partial charge >= 0.3 is 0 Å². The summed E-state index contributed by atoms with van der Waals surface area (Å²) in [5.74, 6) is 1.44. The largest absolute Gasteiger partial charge is 0.497 e. The highest BCUT2D eigenvalue weighted by atomic mass is 35.5. The van der Waals surface area contributed by atoms with Crippen molar-refractivity contribution in [2.45, 2.75) is 22.9 Å². The van der Waals surface area contributed by atoms with E-state index in [2.05, 4.69) is 16.5 Å². The number of benzene rings is 1.